The Morgan fingerprint density at radius 1 is 1.32 bits per heavy atom. The summed E-state index contributed by atoms with van der Waals surface area (Å²) in [7, 11) is 0. The van der Waals surface area contributed by atoms with Crippen molar-refractivity contribution in [1.29, 1.82) is 0 Å². The molecule has 0 fully saturated rings. The van der Waals surface area contributed by atoms with Crippen LogP contribution < -0.4 is 10.5 Å². The summed E-state index contributed by atoms with van der Waals surface area (Å²) in [6, 6.07) is 4.14. The van der Waals surface area contributed by atoms with Crippen LogP contribution in [0.1, 0.15) is 4.88 Å². The van der Waals surface area contributed by atoms with E-state index in [1.807, 2.05) is 17.5 Å². The van der Waals surface area contributed by atoms with Gasteiger partial charge in [-0.05, 0) is 11.4 Å². The number of hydrogen-bond donors (Lipinski definition) is 1. The number of anilines is 1. The van der Waals surface area contributed by atoms with Crippen LogP contribution in [0, 0.1) is 0 Å². The fourth-order valence-electron chi connectivity index (χ4n) is 1.45. The van der Waals surface area contributed by atoms with Gasteiger partial charge >= 0.3 is 6.01 Å². The van der Waals surface area contributed by atoms with E-state index in [9.17, 15) is 0 Å². The molecule has 0 radical (unpaired) electrons. The Kier molecular flexibility index (Phi) is 3.07. The molecule has 0 unspecified atom stereocenters. The number of imidazole rings is 1. The molecule has 0 amide bonds. The lowest BCUT2D eigenvalue weighted by atomic mass is 10.5. The minimum atomic E-state index is 0.111. The van der Waals surface area contributed by atoms with Gasteiger partial charge in [-0.1, -0.05) is 6.07 Å². The van der Waals surface area contributed by atoms with Crippen LogP contribution in [-0.2, 0) is 6.61 Å². The van der Waals surface area contributed by atoms with E-state index in [1.165, 1.54) is 0 Å². The molecule has 7 nitrogen and oxygen atoms in total. The maximum Gasteiger partial charge on any atom is 0.323 e. The zero-order valence-electron chi connectivity index (χ0n) is 9.80. The Balaban J connectivity index is 1.82. The second-order valence-corrected chi connectivity index (χ2v) is 4.65. The first kappa shape index (κ1) is 11.6. The van der Waals surface area contributed by atoms with Crippen molar-refractivity contribution in [3.63, 3.8) is 0 Å². The number of thiophene rings is 1. The third-order valence-corrected chi connectivity index (χ3v) is 3.13. The lowest BCUT2D eigenvalue weighted by Crippen LogP contribution is -2.08. The van der Waals surface area contributed by atoms with Crippen molar-refractivity contribution in [3.05, 3.63) is 41.1 Å². The molecule has 0 aliphatic heterocycles. The van der Waals surface area contributed by atoms with Gasteiger partial charge in [0.1, 0.15) is 12.9 Å². The molecule has 0 aliphatic rings. The summed E-state index contributed by atoms with van der Waals surface area (Å²) in [6.07, 6.45) is 4.93. The fourth-order valence-corrected chi connectivity index (χ4v) is 2.06. The number of aromatic nitrogens is 5. The highest BCUT2D eigenvalue weighted by Gasteiger charge is 2.07. The van der Waals surface area contributed by atoms with Crippen molar-refractivity contribution in [3.8, 4) is 12.0 Å². The molecule has 3 heterocycles. The summed E-state index contributed by atoms with van der Waals surface area (Å²) in [4.78, 5) is 17.2. The molecule has 0 aliphatic carbocycles. The van der Waals surface area contributed by atoms with Crippen LogP contribution in [0.2, 0.25) is 0 Å². The molecule has 19 heavy (non-hydrogen) atoms. The smallest absolute Gasteiger partial charge is 0.323 e. The zero-order valence-corrected chi connectivity index (χ0v) is 10.6. The summed E-state index contributed by atoms with van der Waals surface area (Å²) in [5.41, 5.74) is 5.64. The predicted octanol–water partition coefficient (Wildman–Crippen LogP) is 1.28. The van der Waals surface area contributed by atoms with E-state index < -0.39 is 0 Å². The monoisotopic (exact) mass is 274 g/mol. The Morgan fingerprint density at radius 2 is 2.26 bits per heavy atom. The van der Waals surface area contributed by atoms with Gasteiger partial charge in [-0.2, -0.15) is 15.0 Å². The molecule has 3 rings (SSSR count). The van der Waals surface area contributed by atoms with E-state index in [4.69, 9.17) is 10.5 Å². The second-order valence-electron chi connectivity index (χ2n) is 3.61. The van der Waals surface area contributed by atoms with Gasteiger partial charge in [0.15, 0.2) is 0 Å². The molecule has 0 bridgehead atoms. The largest absolute Gasteiger partial charge is 0.458 e. The number of ether oxygens (including phenoxy) is 1. The van der Waals surface area contributed by atoms with Crippen molar-refractivity contribution in [2.75, 3.05) is 5.73 Å². The van der Waals surface area contributed by atoms with Crippen molar-refractivity contribution in [2.45, 2.75) is 6.61 Å². The minimum absolute atomic E-state index is 0.111. The SMILES string of the molecule is Nc1nc(OCc2cccs2)nc(-n2ccnc2)n1. The molecule has 3 aromatic rings. The van der Waals surface area contributed by atoms with Gasteiger partial charge < -0.3 is 10.5 Å². The van der Waals surface area contributed by atoms with Crippen LogP contribution in [0.4, 0.5) is 5.95 Å². The Morgan fingerprint density at radius 3 is 3.00 bits per heavy atom. The maximum atomic E-state index is 5.64. The topological polar surface area (TPSA) is 91.7 Å². The van der Waals surface area contributed by atoms with Gasteiger partial charge in [-0.3, -0.25) is 4.57 Å². The van der Waals surface area contributed by atoms with E-state index in [-0.39, 0.29) is 12.0 Å². The lowest BCUT2D eigenvalue weighted by Gasteiger charge is -2.05. The Labute approximate surface area is 112 Å². The van der Waals surface area contributed by atoms with Crippen LogP contribution in [0.25, 0.3) is 5.95 Å². The highest BCUT2D eigenvalue weighted by Crippen LogP contribution is 2.13. The van der Waals surface area contributed by atoms with Crippen LogP contribution in [0.3, 0.4) is 0 Å². The summed E-state index contributed by atoms with van der Waals surface area (Å²) in [5.74, 6) is 0.492. The highest BCUT2D eigenvalue weighted by molar-refractivity contribution is 7.09. The quantitative estimate of drug-likeness (QED) is 0.770. The van der Waals surface area contributed by atoms with Gasteiger partial charge in [0.05, 0.1) is 0 Å². The first-order valence-electron chi connectivity index (χ1n) is 5.46. The van der Waals surface area contributed by atoms with Gasteiger partial charge in [0.2, 0.25) is 11.9 Å². The first-order valence-corrected chi connectivity index (χ1v) is 6.34. The third kappa shape index (κ3) is 2.68. The molecule has 0 atom stereocenters. The first-order chi connectivity index (χ1) is 9.31. The Bertz CT molecular complexity index is 652. The van der Waals surface area contributed by atoms with Crippen LogP contribution >= 0.6 is 11.3 Å². The Hall–Kier alpha value is -2.48. The second kappa shape index (κ2) is 5.02. The minimum Gasteiger partial charge on any atom is -0.458 e. The highest BCUT2D eigenvalue weighted by atomic mass is 32.1. The summed E-state index contributed by atoms with van der Waals surface area (Å²) in [6.45, 7) is 0.407. The molecule has 2 N–H and O–H groups in total. The van der Waals surface area contributed by atoms with Crippen molar-refractivity contribution in [1.82, 2.24) is 24.5 Å². The normalized spacial score (nSPS) is 10.5. The molecule has 8 heteroatoms. The van der Waals surface area contributed by atoms with E-state index in [2.05, 4.69) is 19.9 Å². The number of nitrogens with zero attached hydrogens (tertiary/aromatic N) is 5. The van der Waals surface area contributed by atoms with E-state index in [0.717, 1.165) is 4.88 Å². The van der Waals surface area contributed by atoms with E-state index in [1.54, 1.807) is 34.6 Å². The van der Waals surface area contributed by atoms with Gasteiger partial charge in [-0.15, -0.1) is 11.3 Å². The molecule has 0 aromatic carbocycles. The standard InChI is InChI=1S/C11H10N6OS/c12-9-14-10(17-4-3-13-7-17)16-11(15-9)18-6-8-2-1-5-19-8/h1-5,7H,6H2,(H2,12,14,15,16). The molecular formula is C11H10N6OS. The molecule has 96 valence electrons. The molecule has 0 spiro atoms. The average Bonchev–Trinajstić information content (AvgIpc) is 3.09. The molecular weight excluding hydrogens is 264 g/mol. The van der Waals surface area contributed by atoms with Crippen LogP contribution in [0.15, 0.2) is 36.2 Å². The summed E-state index contributed by atoms with van der Waals surface area (Å²) in [5, 5.41) is 1.98. The van der Waals surface area contributed by atoms with Gasteiger partial charge in [0.25, 0.3) is 0 Å². The lowest BCUT2D eigenvalue weighted by molar-refractivity contribution is 0.283. The maximum absolute atomic E-state index is 5.64. The fraction of sp³-hybridized carbons (Fsp3) is 0.0909. The number of rotatable bonds is 4. The van der Waals surface area contributed by atoms with Crippen molar-refractivity contribution >= 4 is 17.3 Å². The number of nitrogens with two attached hydrogens (primary N) is 1. The molecule has 0 saturated carbocycles. The van der Waals surface area contributed by atoms with Crippen molar-refractivity contribution < 1.29 is 4.74 Å². The van der Waals surface area contributed by atoms with Gasteiger partial charge in [0, 0.05) is 17.3 Å². The van der Waals surface area contributed by atoms with E-state index in [0.29, 0.717) is 12.6 Å². The number of hydrogen-bond acceptors (Lipinski definition) is 7. The predicted molar refractivity (Wildman–Crippen MR) is 70.0 cm³/mol. The molecule has 0 saturated heterocycles. The van der Waals surface area contributed by atoms with Crippen LogP contribution in [-0.4, -0.2) is 24.5 Å². The summed E-state index contributed by atoms with van der Waals surface area (Å²) < 4.78 is 7.14. The van der Waals surface area contributed by atoms with E-state index >= 15 is 0 Å². The third-order valence-electron chi connectivity index (χ3n) is 2.28. The average molecular weight is 274 g/mol. The molecule has 3 aromatic heterocycles. The zero-order chi connectivity index (χ0) is 13.1. The van der Waals surface area contributed by atoms with Crippen LogP contribution in [0.5, 0.6) is 6.01 Å². The van der Waals surface area contributed by atoms with Gasteiger partial charge in [-0.25, -0.2) is 4.98 Å². The van der Waals surface area contributed by atoms with Crippen molar-refractivity contribution in [2.24, 2.45) is 0 Å². The number of nitrogen functional groups attached to an aromatic ring is 1. The summed E-state index contributed by atoms with van der Waals surface area (Å²) >= 11 is 1.61.